The van der Waals surface area contributed by atoms with Crippen LogP contribution < -0.4 is 14.8 Å². The molecule has 1 N–H and O–H groups in total. The van der Waals surface area contributed by atoms with E-state index < -0.39 is 0 Å². The monoisotopic (exact) mass is 311 g/mol. The molecule has 1 aliphatic rings. The van der Waals surface area contributed by atoms with Gasteiger partial charge in [0.2, 0.25) is 6.79 Å². The van der Waals surface area contributed by atoms with Crippen LogP contribution in [-0.4, -0.2) is 26.4 Å². The molecule has 0 saturated carbocycles. The van der Waals surface area contributed by atoms with E-state index in [9.17, 15) is 0 Å². The largest absolute Gasteiger partial charge is 0.454 e. The Kier molecular flexibility index (Phi) is 3.25. The lowest BCUT2D eigenvalue weighted by Gasteiger charge is -2.14. The maximum absolute atomic E-state index is 5.43. The number of hydrogen-bond acceptors (Lipinski definition) is 6. The highest BCUT2D eigenvalue weighted by Crippen LogP contribution is 2.32. The molecule has 0 spiro atoms. The summed E-state index contributed by atoms with van der Waals surface area (Å²) < 4.78 is 12.5. The van der Waals surface area contributed by atoms with Crippen LogP contribution in [0.3, 0.4) is 0 Å². The predicted molar refractivity (Wildman–Crippen MR) is 84.8 cm³/mol. The highest BCUT2D eigenvalue weighted by molar-refractivity contribution is 5.53. The average Bonchev–Trinajstić information content (AvgIpc) is 3.20. The Morgan fingerprint density at radius 1 is 1.26 bits per heavy atom. The van der Waals surface area contributed by atoms with Crippen molar-refractivity contribution in [3.63, 3.8) is 0 Å². The number of rotatable bonds is 4. The smallest absolute Gasteiger partial charge is 0.254 e. The quantitative estimate of drug-likeness (QED) is 0.797. The lowest BCUT2D eigenvalue weighted by Crippen LogP contribution is -2.11. The second-order valence-corrected chi connectivity index (χ2v) is 5.39. The number of ether oxygens (including phenoxy) is 2. The van der Waals surface area contributed by atoms with Crippen LogP contribution in [0, 0.1) is 6.92 Å². The summed E-state index contributed by atoms with van der Waals surface area (Å²) in [6.07, 6.45) is 2.39. The third kappa shape index (κ3) is 2.34. The number of aromatic nitrogens is 4. The molecule has 3 heterocycles. The van der Waals surface area contributed by atoms with E-state index >= 15 is 0 Å². The van der Waals surface area contributed by atoms with Crippen molar-refractivity contribution in [2.24, 2.45) is 0 Å². The number of hydrogen-bond donors (Lipinski definition) is 1. The molecule has 3 aromatic rings. The first-order valence-electron chi connectivity index (χ1n) is 7.58. The van der Waals surface area contributed by atoms with Crippen molar-refractivity contribution in [1.82, 2.24) is 19.6 Å². The summed E-state index contributed by atoms with van der Waals surface area (Å²) >= 11 is 0. The standard InChI is InChI=1S/C16H17N5O2/c1-3-12-10(2)20-16-18-8-19-21(16)15(12)17-7-11-4-5-13-14(6-11)23-9-22-13/h4-6,8,17H,3,7,9H2,1-2H3. The molecule has 0 bridgehead atoms. The van der Waals surface area contributed by atoms with Crippen molar-refractivity contribution >= 4 is 11.6 Å². The molecule has 0 amide bonds. The molecule has 0 atom stereocenters. The Morgan fingerprint density at radius 3 is 3.00 bits per heavy atom. The maximum Gasteiger partial charge on any atom is 0.254 e. The lowest BCUT2D eigenvalue weighted by molar-refractivity contribution is 0.174. The van der Waals surface area contributed by atoms with Gasteiger partial charge in [0.1, 0.15) is 12.1 Å². The Hall–Kier alpha value is -2.83. The van der Waals surface area contributed by atoms with Crippen molar-refractivity contribution < 1.29 is 9.47 Å². The van der Waals surface area contributed by atoms with Crippen molar-refractivity contribution in [3.05, 3.63) is 41.3 Å². The zero-order valence-corrected chi connectivity index (χ0v) is 13.0. The summed E-state index contributed by atoms with van der Waals surface area (Å²) in [6.45, 7) is 5.05. The van der Waals surface area contributed by atoms with Gasteiger partial charge in [-0.15, -0.1) is 0 Å². The zero-order valence-electron chi connectivity index (χ0n) is 13.0. The number of aryl methyl sites for hydroxylation is 1. The fraction of sp³-hybridized carbons (Fsp3) is 0.312. The van der Waals surface area contributed by atoms with E-state index in [1.54, 1.807) is 4.52 Å². The van der Waals surface area contributed by atoms with Crippen LogP contribution in [0.2, 0.25) is 0 Å². The topological polar surface area (TPSA) is 73.6 Å². The number of fused-ring (bicyclic) bond motifs is 2. The van der Waals surface area contributed by atoms with Gasteiger partial charge in [-0.2, -0.15) is 14.6 Å². The first kappa shape index (κ1) is 13.8. The van der Waals surface area contributed by atoms with Gasteiger partial charge in [-0.25, -0.2) is 4.98 Å². The van der Waals surface area contributed by atoms with Gasteiger partial charge < -0.3 is 14.8 Å². The minimum atomic E-state index is 0.287. The molecule has 23 heavy (non-hydrogen) atoms. The lowest BCUT2D eigenvalue weighted by atomic mass is 10.1. The van der Waals surface area contributed by atoms with E-state index in [4.69, 9.17) is 9.47 Å². The van der Waals surface area contributed by atoms with Gasteiger partial charge in [0.15, 0.2) is 11.5 Å². The number of benzene rings is 1. The molecule has 1 aromatic carbocycles. The van der Waals surface area contributed by atoms with Crippen molar-refractivity contribution in [2.45, 2.75) is 26.8 Å². The van der Waals surface area contributed by atoms with Crippen LogP contribution in [0.15, 0.2) is 24.5 Å². The van der Waals surface area contributed by atoms with Crippen molar-refractivity contribution in [1.29, 1.82) is 0 Å². The van der Waals surface area contributed by atoms with Gasteiger partial charge in [-0.1, -0.05) is 13.0 Å². The van der Waals surface area contributed by atoms with Crippen LogP contribution in [0.4, 0.5) is 5.82 Å². The molecule has 0 unspecified atom stereocenters. The maximum atomic E-state index is 5.43. The summed E-state index contributed by atoms with van der Waals surface area (Å²) in [4.78, 5) is 8.66. The molecular weight excluding hydrogens is 294 g/mol. The fourth-order valence-electron chi connectivity index (χ4n) is 2.83. The Balaban J connectivity index is 1.66. The minimum absolute atomic E-state index is 0.287. The minimum Gasteiger partial charge on any atom is -0.454 e. The molecule has 0 aliphatic carbocycles. The summed E-state index contributed by atoms with van der Waals surface area (Å²) in [5.74, 6) is 3.12. The third-order valence-electron chi connectivity index (χ3n) is 3.98. The van der Waals surface area contributed by atoms with Gasteiger partial charge >= 0.3 is 0 Å². The van der Waals surface area contributed by atoms with Crippen LogP contribution in [0.1, 0.15) is 23.7 Å². The molecule has 1 aliphatic heterocycles. The molecule has 118 valence electrons. The second-order valence-electron chi connectivity index (χ2n) is 5.39. The molecule has 0 radical (unpaired) electrons. The second kappa shape index (κ2) is 5.42. The van der Waals surface area contributed by atoms with Crippen LogP contribution >= 0.6 is 0 Å². The van der Waals surface area contributed by atoms with Crippen LogP contribution in [0.5, 0.6) is 11.5 Å². The Morgan fingerprint density at radius 2 is 2.13 bits per heavy atom. The average molecular weight is 311 g/mol. The molecule has 2 aromatic heterocycles. The molecule has 7 heteroatoms. The Bertz CT molecular complexity index is 874. The van der Waals surface area contributed by atoms with E-state index in [0.29, 0.717) is 12.3 Å². The highest BCUT2D eigenvalue weighted by Gasteiger charge is 2.15. The summed E-state index contributed by atoms with van der Waals surface area (Å²) in [7, 11) is 0. The molecule has 0 fully saturated rings. The SMILES string of the molecule is CCc1c(C)nc2ncnn2c1NCc1ccc2c(c1)OCO2. The van der Waals surface area contributed by atoms with E-state index in [1.165, 1.54) is 6.33 Å². The number of nitrogens with one attached hydrogen (secondary N) is 1. The first-order chi connectivity index (χ1) is 11.3. The van der Waals surface area contributed by atoms with Crippen LogP contribution in [-0.2, 0) is 13.0 Å². The first-order valence-corrected chi connectivity index (χ1v) is 7.58. The van der Waals surface area contributed by atoms with Gasteiger partial charge in [-0.3, -0.25) is 0 Å². The highest BCUT2D eigenvalue weighted by atomic mass is 16.7. The van der Waals surface area contributed by atoms with E-state index in [2.05, 4.69) is 27.3 Å². The van der Waals surface area contributed by atoms with Crippen molar-refractivity contribution in [3.8, 4) is 11.5 Å². The van der Waals surface area contributed by atoms with Crippen LogP contribution in [0.25, 0.3) is 5.78 Å². The van der Waals surface area contributed by atoms with E-state index in [-0.39, 0.29) is 6.79 Å². The molecule has 4 rings (SSSR count). The fourth-order valence-corrected chi connectivity index (χ4v) is 2.83. The predicted octanol–water partition coefficient (Wildman–Crippen LogP) is 2.34. The summed E-state index contributed by atoms with van der Waals surface area (Å²) in [5.41, 5.74) is 3.23. The van der Waals surface area contributed by atoms with Crippen molar-refractivity contribution in [2.75, 3.05) is 12.1 Å². The summed E-state index contributed by atoms with van der Waals surface area (Å²) in [5, 5.41) is 7.74. The normalized spacial score (nSPS) is 12.8. The van der Waals surface area contributed by atoms with Gasteiger partial charge in [0, 0.05) is 17.8 Å². The summed E-state index contributed by atoms with van der Waals surface area (Å²) in [6, 6.07) is 5.95. The van der Waals surface area contributed by atoms with Gasteiger partial charge in [-0.05, 0) is 31.0 Å². The number of anilines is 1. The van der Waals surface area contributed by atoms with E-state index in [1.807, 2.05) is 25.1 Å². The molecule has 7 nitrogen and oxygen atoms in total. The number of nitrogens with zero attached hydrogens (tertiary/aromatic N) is 4. The van der Waals surface area contributed by atoms with E-state index in [0.717, 1.165) is 40.6 Å². The molecule has 0 saturated heterocycles. The Labute approximate surface area is 133 Å². The molecular formula is C16H17N5O2. The zero-order chi connectivity index (χ0) is 15.8. The van der Waals surface area contributed by atoms with Gasteiger partial charge in [0.25, 0.3) is 5.78 Å². The third-order valence-corrected chi connectivity index (χ3v) is 3.98. The van der Waals surface area contributed by atoms with Gasteiger partial charge in [0.05, 0.1) is 0 Å².